The van der Waals surface area contributed by atoms with Crippen LogP contribution in [0.5, 0.6) is 0 Å². The average molecular weight is 392 g/mol. The van der Waals surface area contributed by atoms with Crippen molar-refractivity contribution in [2.45, 2.75) is 11.7 Å². The molecule has 9 heteroatoms. The average Bonchev–Trinajstić information content (AvgIpc) is 3.37. The number of carbonyl (C=O) groups excluding carboxylic acids is 1. The molecule has 0 bridgehead atoms. The minimum atomic E-state index is -3.30. The Hall–Kier alpha value is -2.39. The molecule has 1 amide bonds. The molecule has 1 aliphatic rings. The van der Waals surface area contributed by atoms with Crippen LogP contribution in [-0.4, -0.2) is 43.2 Å². The van der Waals surface area contributed by atoms with Gasteiger partial charge in [0.1, 0.15) is 0 Å². The molecule has 0 saturated carbocycles. The van der Waals surface area contributed by atoms with Crippen molar-refractivity contribution in [1.82, 2.24) is 10.1 Å². The third-order valence-electron chi connectivity index (χ3n) is 4.38. The van der Waals surface area contributed by atoms with E-state index in [0.717, 1.165) is 4.88 Å². The van der Waals surface area contributed by atoms with E-state index in [1.165, 1.54) is 28.6 Å². The SMILES string of the molecule is O=C(c1cc(-c2ccco2)on1)N1CCC(c2cccs2)S(=O)(=O)CC1. The van der Waals surface area contributed by atoms with E-state index in [-0.39, 0.29) is 23.9 Å². The molecule has 7 nitrogen and oxygen atoms in total. The number of rotatable bonds is 3. The lowest BCUT2D eigenvalue weighted by Crippen LogP contribution is -2.33. The Bertz CT molecular complexity index is 990. The molecule has 0 aliphatic carbocycles. The zero-order valence-electron chi connectivity index (χ0n) is 13.7. The van der Waals surface area contributed by atoms with Gasteiger partial charge in [-0.25, -0.2) is 8.42 Å². The first kappa shape index (κ1) is 17.0. The van der Waals surface area contributed by atoms with Gasteiger partial charge in [-0.15, -0.1) is 11.3 Å². The molecule has 0 N–H and O–H groups in total. The van der Waals surface area contributed by atoms with Crippen LogP contribution >= 0.6 is 11.3 Å². The Balaban J connectivity index is 1.53. The number of nitrogens with zero attached hydrogens (tertiary/aromatic N) is 2. The molecule has 1 saturated heterocycles. The summed E-state index contributed by atoms with van der Waals surface area (Å²) in [6.45, 7) is 0.496. The van der Waals surface area contributed by atoms with Gasteiger partial charge in [0.15, 0.2) is 21.3 Å². The molecular weight excluding hydrogens is 376 g/mol. The molecule has 4 heterocycles. The fourth-order valence-corrected chi connectivity index (χ4v) is 6.02. The third kappa shape index (κ3) is 3.19. The van der Waals surface area contributed by atoms with Gasteiger partial charge in [0, 0.05) is 24.0 Å². The Morgan fingerprint density at radius 3 is 2.85 bits per heavy atom. The minimum absolute atomic E-state index is 0.0653. The molecule has 4 rings (SSSR count). The van der Waals surface area contributed by atoms with E-state index >= 15 is 0 Å². The summed E-state index contributed by atoms with van der Waals surface area (Å²) in [5.74, 6) is 0.433. The number of thiophene rings is 1. The molecule has 3 aromatic rings. The fourth-order valence-electron chi connectivity index (χ4n) is 3.01. The van der Waals surface area contributed by atoms with Gasteiger partial charge in [0.2, 0.25) is 5.76 Å². The van der Waals surface area contributed by atoms with Gasteiger partial charge in [0.25, 0.3) is 5.91 Å². The normalized spacial score (nSPS) is 20.0. The van der Waals surface area contributed by atoms with E-state index in [0.29, 0.717) is 24.5 Å². The van der Waals surface area contributed by atoms with Crippen molar-refractivity contribution in [1.29, 1.82) is 0 Å². The molecule has 1 fully saturated rings. The molecule has 0 aromatic carbocycles. The molecule has 0 spiro atoms. The summed E-state index contributed by atoms with van der Waals surface area (Å²) in [4.78, 5) is 15.1. The van der Waals surface area contributed by atoms with Crippen molar-refractivity contribution >= 4 is 27.1 Å². The zero-order chi connectivity index (χ0) is 18.1. The minimum Gasteiger partial charge on any atom is -0.461 e. The highest BCUT2D eigenvalue weighted by Gasteiger charge is 2.34. The Morgan fingerprint density at radius 1 is 1.23 bits per heavy atom. The summed E-state index contributed by atoms with van der Waals surface area (Å²) in [5, 5.41) is 5.12. The quantitative estimate of drug-likeness (QED) is 0.680. The summed E-state index contributed by atoms with van der Waals surface area (Å²) in [7, 11) is -3.30. The van der Waals surface area contributed by atoms with Gasteiger partial charge in [-0.3, -0.25) is 4.79 Å². The Kier molecular flexibility index (Phi) is 4.41. The first-order valence-electron chi connectivity index (χ1n) is 8.09. The molecule has 136 valence electrons. The number of amides is 1. The van der Waals surface area contributed by atoms with Gasteiger partial charge >= 0.3 is 0 Å². The van der Waals surface area contributed by atoms with Crippen LogP contribution in [0.15, 0.2) is 50.9 Å². The highest BCUT2D eigenvalue weighted by atomic mass is 32.2. The van der Waals surface area contributed by atoms with E-state index in [2.05, 4.69) is 5.16 Å². The maximum Gasteiger partial charge on any atom is 0.276 e. The third-order valence-corrected chi connectivity index (χ3v) is 7.62. The maximum atomic E-state index is 12.7. The summed E-state index contributed by atoms with van der Waals surface area (Å²) in [6, 6.07) is 8.60. The van der Waals surface area contributed by atoms with Crippen molar-refractivity contribution in [2.24, 2.45) is 0 Å². The van der Waals surface area contributed by atoms with Crippen molar-refractivity contribution in [3.8, 4) is 11.5 Å². The second kappa shape index (κ2) is 6.73. The lowest BCUT2D eigenvalue weighted by molar-refractivity contribution is 0.0756. The van der Waals surface area contributed by atoms with E-state index in [4.69, 9.17) is 8.94 Å². The molecule has 1 unspecified atom stereocenters. The molecule has 0 radical (unpaired) electrons. The van der Waals surface area contributed by atoms with E-state index in [1.807, 2.05) is 17.5 Å². The zero-order valence-corrected chi connectivity index (χ0v) is 15.3. The van der Waals surface area contributed by atoms with Crippen LogP contribution in [0.1, 0.15) is 27.0 Å². The molecule has 26 heavy (non-hydrogen) atoms. The van der Waals surface area contributed by atoms with Gasteiger partial charge in [-0.2, -0.15) is 0 Å². The van der Waals surface area contributed by atoms with Gasteiger partial charge in [-0.05, 0) is 30.0 Å². The van der Waals surface area contributed by atoms with Crippen LogP contribution in [0.3, 0.4) is 0 Å². The number of furan rings is 1. The lowest BCUT2D eigenvalue weighted by Gasteiger charge is -2.18. The summed E-state index contributed by atoms with van der Waals surface area (Å²) in [5.41, 5.74) is 0.142. The maximum absolute atomic E-state index is 12.7. The van der Waals surface area contributed by atoms with Gasteiger partial charge < -0.3 is 13.8 Å². The standard InChI is InChI=1S/C17H16N2O5S2/c20-17(12-11-14(24-18-12)13-3-1-8-23-13)19-6-5-16(15-4-2-9-25-15)26(21,22)10-7-19/h1-4,8-9,11,16H,5-7,10H2. The molecule has 1 atom stereocenters. The van der Waals surface area contributed by atoms with Crippen LogP contribution in [0.4, 0.5) is 0 Å². The summed E-state index contributed by atoms with van der Waals surface area (Å²) < 4.78 is 35.6. The van der Waals surface area contributed by atoms with E-state index < -0.39 is 15.1 Å². The van der Waals surface area contributed by atoms with Crippen LogP contribution in [-0.2, 0) is 9.84 Å². The van der Waals surface area contributed by atoms with E-state index in [1.54, 1.807) is 12.1 Å². The summed E-state index contributed by atoms with van der Waals surface area (Å²) in [6.07, 6.45) is 1.88. The van der Waals surface area contributed by atoms with Crippen LogP contribution in [0.2, 0.25) is 0 Å². The predicted molar refractivity (Wildman–Crippen MR) is 95.6 cm³/mol. The monoisotopic (exact) mass is 392 g/mol. The first-order valence-corrected chi connectivity index (χ1v) is 10.7. The number of hydrogen-bond donors (Lipinski definition) is 0. The van der Waals surface area contributed by atoms with Gasteiger partial charge in [0.05, 0.1) is 17.3 Å². The molecule has 1 aliphatic heterocycles. The Labute approximate surface area is 154 Å². The van der Waals surface area contributed by atoms with Crippen molar-refractivity contribution in [3.63, 3.8) is 0 Å². The smallest absolute Gasteiger partial charge is 0.276 e. The van der Waals surface area contributed by atoms with Crippen molar-refractivity contribution in [3.05, 3.63) is 52.5 Å². The topological polar surface area (TPSA) is 93.6 Å². The summed E-state index contributed by atoms with van der Waals surface area (Å²) >= 11 is 1.43. The van der Waals surface area contributed by atoms with Crippen molar-refractivity contribution in [2.75, 3.05) is 18.8 Å². The second-order valence-electron chi connectivity index (χ2n) is 6.01. The fraction of sp³-hybridized carbons (Fsp3) is 0.294. The number of sulfone groups is 1. The van der Waals surface area contributed by atoms with Crippen LogP contribution < -0.4 is 0 Å². The highest BCUT2D eigenvalue weighted by molar-refractivity contribution is 7.91. The second-order valence-corrected chi connectivity index (χ2v) is 9.29. The molecule has 3 aromatic heterocycles. The molecular formula is C17H16N2O5S2. The van der Waals surface area contributed by atoms with E-state index in [9.17, 15) is 13.2 Å². The number of carbonyl (C=O) groups is 1. The lowest BCUT2D eigenvalue weighted by atomic mass is 10.2. The van der Waals surface area contributed by atoms with Crippen molar-refractivity contribution < 1.29 is 22.2 Å². The number of aromatic nitrogens is 1. The number of hydrogen-bond acceptors (Lipinski definition) is 7. The first-order chi connectivity index (χ1) is 12.5. The van der Waals surface area contributed by atoms with Crippen LogP contribution in [0.25, 0.3) is 11.5 Å². The predicted octanol–water partition coefficient (Wildman–Crippen LogP) is 3.00. The Morgan fingerprint density at radius 2 is 2.12 bits per heavy atom. The van der Waals surface area contributed by atoms with Gasteiger partial charge in [-0.1, -0.05) is 11.2 Å². The van der Waals surface area contributed by atoms with Crippen LogP contribution in [0, 0.1) is 0 Å². The largest absolute Gasteiger partial charge is 0.461 e. The highest BCUT2D eigenvalue weighted by Crippen LogP contribution is 2.32.